The lowest BCUT2D eigenvalue weighted by Gasteiger charge is -1.98. The van der Waals surface area contributed by atoms with E-state index in [-0.39, 0.29) is 16.9 Å². The molecular formula is C7H3ClN2O2. The third kappa shape index (κ3) is 1.36. The average Bonchev–Trinajstić information content (AvgIpc) is 2.03. The minimum Gasteiger partial charge on any atom is -0.505 e. The van der Waals surface area contributed by atoms with Gasteiger partial charge in [-0.05, 0) is 11.6 Å². The molecule has 0 saturated carbocycles. The fourth-order valence-electron chi connectivity index (χ4n) is 0.741. The normalized spacial score (nSPS) is 9.00. The minimum absolute atomic E-state index is 0.0324. The smallest absolute Gasteiger partial charge is 0.257 e. The Kier molecular flexibility index (Phi) is 2.26. The molecule has 0 unspecified atom stereocenters. The average molecular weight is 183 g/mol. The van der Waals surface area contributed by atoms with Gasteiger partial charge in [-0.1, -0.05) is 0 Å². The monoisotopic (exact) mass is 182 g/mol. The van der Waals surface area contributed by atoms with Crippen LogP contribution in [0, 0.1) is 11.3 Å². The Balaban J connectivity index is 3.42. The van der Waals surface area contributed by atoms with Crippen molar-refractivity contribution in [1.82, 2.24) is 4.98 Å². The van der Waals surface area contributed by atoms with Crippen LogP contribution in [0.2, 0.25) is 0 Å². The molecule has 0 aromatic carbocycles. The molecule has 1 N–H and O–H groups in total. The Bertz CT molecular complexity index is 370. The molecule has 5 heteroatoms. The Labute approximate surface area is 73.0 Å². The van der Waals surface area contributed by atoms with Crippen LogP contribution < -0.4 is 0 Å². The van der Waals surface area contributed by atoms with Crippen molar-refractivity contribution in [2.24, 2.45) is 0 Å². The lowest BCUT2D eigenvalue weighted by molar-refractivity contribution is 0.107. The molecule has 0 fully saturated rings. The highest BCUT2D eigenvalue weighted by molar-refractivity contribution is 6.68. The Morgan fingerprint density at radius 3 is 2.75 bits per heavy atom. The summed E-state index contributed by atoms with van der Waals surface area (Å²) in [5, 5.41) is 16.7. The van der Waals surface area contributed by atoms with Crippen LogP contribution >= 0.6 is 11.6 Å². The highest BCUT2D eigenvalue weighted by atomic mass is 35.5. The SMILES string of the molecule is N#Cc1cncc(O)c1C(=O)Cl. The standard InChI is InChI=1S/C7H3ClN2O2/c8-7(12)6-4(1-9)2-10-3-5(6)11/h2-3,11H. The summed E-state index contributed by atoms with van der Waals surface area (Å²) < 4.78 is 0. The minimum atomic E-state index is -0.869. The van der Waals surface area contributed by atoms with Crippen LogP contribution in [0.1, 0.15) is 15.9 Å². The highest BCUT2D eigenvalue weighted by Crippen LogP contribution is 2.20. The molecule has 0 aliphatic carbocycles. The molecule has 0 aliphatic heterocycles. The Morgan fingerprint density at radius 2 is 2.33 bits per heavy atom. The van der Waals surface area contributed by atoms with Crippen LogP contribution in [0.3, 0.4) is 0 Å². The molecule has 0 atom stereocenters. The second-order valence-electron chi connectivity index (χ2n) is 1.97. The number of hydrogen-bond acceptors (Lipinski definition) is 4. The highest BCUT2D eigenvalue weighted by Gasteiger charge is 2.13. The van der Waals surface area contributed by atoms with Crippen LogP contribution in [-0.4, -0.2) is 15.3 Å². The maximum absolute atomic E-state index is 10.7. The molecule has 0 bridgehead atoms. The van der Waals surface area contributed by atoms with E-state index in [0.29, 0.717) is 0 Å². The predicted molar refractivity (Wildman–Crippen MR) is 40.8 cm³/mol. The van der Waals surface area contributed by atoms with Gasteiger partial charge < -0.3 is 5.11 Å². The van der Waals surface area contributed by atoms with Gasteiger partial charge in [0.25, 0.3) is 5.24 Å². The number of carbonyl (C=O) groups is 1. The van der Waals surface area contributed by atoms with Crippen LogP contribution in [0.15, 0.2) is 12.4 Å². The van der Waals surface area contributed by atoms with Gasteiger partial charge in [-0.15, -0.1) is 0 Å². The first kappa shape index (κ1) is 8.50. The lowest BCUT2D eigenvalue weighted by atomic mass is 10.1. The van der Waals surface area contributed by atoms with E-state index in [2.05, 4.69) is 4.98 Å². The van der Waals surface area contributed by atoms with Gasteiger partial charge in [0.15, 0.2) is 0 Å². The number of nitrogens with zero attached hydrogens (tertiary/aromatic N) is 2. The molecular weight excluding hydrogens is 180 g/mol. The van der Waals surface area contributed by atoms with E-state index < -0.39 is 5.24 Å². The van der Waals surface area contributed by atoms with Crippen molar-refractivity contribution >= 4 is 16.8 Å². The van der Waals surface area contributed by atoms with E-state index in [9.17, 15) is 4.79 Å². The molecule has 0 aliphatic rings. The molecule has 60 valence electrons. The maximum Gasteiger partial charge on any atom is 0.257 e. The fourth-order valence-corrected chi connectivity index (χ4v) is 0.939. The summed E-state index contributed by atoms with van der Waals surface area (Å²) >= 11 is 5.11. The summed E-state index contributed by atoms with van der Waals surface area (Å²) in [6.45, 7) is 0. The number of pyridine rings is 1. The van der Waals surface area contributed by atoms with Crippen molar-refractivity contribution in [2.45, 2.75) is 0 Å². The number of aromatic hydroxyl groups is 1. The second-order valence-corrected chi connectivity index (χ2v) is 2.31. The molecule has 0 saturated heterocycles. The number of carbonyl (C=O) groups excluding carboxylic acids is 1. The summed E-state index contributed by atoms with van der Waals surface area (Å²) in [5.74, 6) is -0.381. The van der Waals surface area contributed by atoms with Crippen molar-refractivity contribution in [2.75, 3.05) is 0 Å². The molecule has 1 aromatic heterocycles. The van der Waals surface area contributed by atoms with Crippen molar-refractivity contribution in [1.29, 1.82) is 5.26 Å². The van der Waals surface area contributed by atoms with Crippen molar-refractivity contribution in [3.63, 3.8) is 0 Å². The maximum atomic E-state index is 10.7. The fraction of sp³-hybridized carbons (Fsp3) is 0. The molecule has 0 spiro atoms. The van der Waals surface area contributed by atoms with Gasteiger partial charge in [0.1, 0.15) is 11.8 Å². The van der Waals surface area contributed by atoms with Gasteiger partial charge >= 0.3 is 0 Å². The van der Waals surface area contributed by atoms with Crippen molar-refractivity contribution in [3.8, 4) is 11.8 Å². The summed E-state index contributed by atoms with van der Waals surface area (Å²) in [5.41, 5.74) is -0.232. The quantitative estimate of drug-likeness (QED) is 0.659. The van der Waals surface area contributed by atoms with Crippen molar-refractivity contribution in [3.05, 3.63) is 23.5 Å². The Morgan fingerprint density at radius 1 is 1.67 bits per heavy atom. The zero-order valence-corrected chi connectivity index (χ0v) is 6.54. The number of nitriles is 1. The zero-order valence-electron chi connectivity index (χ0n) is 5.78. The molecule has 1 rings (SSSR count). The summed E-state index contributed by atoms with van der Waals surface area (Å²) in [4.78, 5) is 14.2. The predicted octanol–water partition coefficient (Wildman–Crippen LogP) is 1.04. The van der Waals surface area contributed by atoms with E-state index in [1.165, 1.54) is 0 Å². The topological polar surface area (TPSA) is 74.0 Å². The Hall–Kier alpha value is -1.60. The molecule has 0 amide bonds. The number of hydrogen-bond donors (Lipinski definition) is 1. The number of halogens is 1. The van der Waals surface area contributed by atoms with Gasteiger partial charge in [-0.3, -0.25) is 9.78 Å². The second kappa shape index (κ2) is 3.20. The van der Waals surface area contributed by atoms with E-state index in [1.54, 1.807) is 6.07 Å². The third-order valence-corrected chi connectivity index (χ3v) is 1.43. The molecule has 0 radical (unpaired) electrons. The summed E-state index contributed by atoms with van der Waals surface area (Å²) in [6.07, 6.45) is 2.21. The summed E-state index contributed by atoms with van der Waals surface area (Å²) in [6, 6.07) is 1.69. The zero-order chi connectivity index (χ0) is 9.14. The van der Waals surface area contributed by atoms with Gasteiger partial charge in [0.05, 0.1) is 17.3 Å². The first-order valence-electron chi connectivity index (χ1n) is 2.93. The van der Waals surface area contributed by atoms with Gasteiger partial charge in [0, 0.05) is 6.20 Å². The van der Waals surface area contributed by atoms with Crippen molar-refractivity contribution < 1.29 is 9.90 Å². The molecule has 1 heterocycles. The van der Waals surface area contributed by atoms with Crippen LogP contribution in [0.25, 0.3) is 0 Å². The first-order chi connectivity index (χ1) is 5.66. The van der Waals surface area contributed by atoms with E-state index >= 15 is 0 Å². The number of aromatic nitrogens is 1. The van der Waals surface area contributed by atoms with Gasteiger partial charge in [-0.2, -0.15) is 5.26 Å². The van der Waals surface area contributed by atoms with E-state index in [4.69, 9.17) is 22.0 Å². The third-order valence-electron chi connectivity index (χ3n) is 1.24. The van der Waals surface area contributed by atoms with Gasteiger partial charge in [-0.25, -0.2) is 0 Å². The molecule has 4 nitrogen and oxygen atoms in total. The lowest BCUT2D eigenvalue weighted by Crippen LogP contribution is -1.95. The van der Waals surface area contributed by atoms with Crippen LogP contribution in [0.4, 0.5) is 0 Å². The molecule has 1 aromatic rings. The van der Waals surface area contributed by atoms with E-state index in [0.717, 1.165) is 12.4 Å². The summed E-state index contributed by atoms with van der Waals surface area (Å²) in [7, 11) is 0. The van der Waals surface area contributed by atoms with E-state index in [1.807, 2.05) is 0 Å². The number of rotatable bonds is 1. The first-order valence-corrected chi connectivity index (χ1v) is 3.31. The largest absolute Gasteiger partial charge is 0.505 e. The molecule has 12 heavy (non-hydrogen) atoms. The van der Waals surface area contributed by atoms with Gasteiger partial charge in [0.2, 0.25) is 0 Å². The van der Waals surface area contributed by atoms with Crippen LogP contribution in [-0.2, 0) is 0 Å². The van der Waals surface area contributed by atoms with Crippen LogP contribution in [0.5, 0.6) is 5.75 Å².